The van der Waals surface area contributed by atoms with Crippen LogP contribution in [0.4, 0.5) is 0 Å². The van der Waals surface area contributed by atoms with Crippen LogP contribution in [0, 0.1) is 5.92 Å². The van der Waals surface area contributed by atoms with Gasteiger partial charge in [-0.15, -0.1) is 12.4 Å². The average molecular weight is 282 g/mol. The number of hydrogen-bond donors (Lipinski definition) is 1. The molecule has 19 heavy (non-hydrogen) atoms. The Labute approximate surface area is 122 Å². The molecular formula is C16H24ClNO. The predicted octanol–water partition coefficient (Wildman–Crippen LogP) is 3.58. The molecule has 0 aromatic heterocycles. The van der Waals surface area contributed by atoms with Crippen LogP contribution < -0.4 is 10.1 Å². The number of aryl methyl sites for hydroxylation is 1. The van der Waals surface area contributed by atoms with E-state index in [1.807, 2.05) is 6.07 Å². The summed E-state index contributed by atoms with van der Waals surface area (Å²) >= 11 is 0. The van der Waals surface area contributed by atoms with Crippen LogP contribution >= 0.6 is 12.4 Å². The molecule has 0 saturated carbocycles. The molecule has 3 rings (SSSR count). The van der Waals surface area contributed by atoms with E-state index in [4.69, 9.17) is 4.74 Å². The zero-order valence-corrected chi connectivity index (χ0v) is 12.4. The van der Waals surface area contributed by atoms with Crippen LogP contribution in [0.15, 0.2) is 24.3 Å². The molecule has 0 amide bonds. The fourth-order valence-corrected chi connectivity index (χ4v) is 3.68. The van der Waals surface area contributed by atoms with E-state index < -0.39 is 0 Å². The highest BCUT2D eigenvalue weighted by Gasteiger charge is 2.32. The molecule has 2 bridgehead atoms. The number of rotatable bonds is 4. The number of methoxy groups -OCH3 is 1. The number of benzene rings is 1. The summed E-state index contributed by atoms with van der Waals surface area (Å²) < 4.78 is 5.43. The lowest BCUT2D eigenvalue weighted by Crippen LogP contribution is -2.38. The van der Waals surface area contributed by atoms with Gasteiger partial charge in [-0.05, 0) is 56.1 Å². The van der Waals surface area contributed by atoms with Gasteiger partial charge in [0.1, 0.15) is 5.75 Å². The van der Waals surface area contributed by atoms with E-state index in [0.717, 1.165) is 30.2 Å². The van der Waals surface area contributed by atoms with Gasteiger partial charge in [-0.1, -0.05) is 18.2 Å². The molecule has 106 valence electrons. The molecule has 0 spiro atoms. The van der Waals surface area contributed by atoms with E-state index in [1.54, 1.807) is 7.11 Å². The zero-order chi connectivity index (χ0) is 12.4. The number of piperidine rings is 1. The number of hydrogen-bond acceptors (Lipinski definition) is 2. The SMILES string of the molecule is COc1ccccc1CCC1C[C@H]2CC[C@@H](C1)N2.Cl. The summed E-state index contributed by atoms with van der Waals surface area (Å²) in [6, 6.07) is 10.1. The Morgan fingerprint density at radius 2 is 1.84 bits per heavy atom. The van der Waals surface area contributed by atoms with Gasteiger partial charge in [0, 0.05) is 12.1 Å². The Bertz CT molecular complexity index is 397. The van der Waals surface area contributed by atoms with Crippen molar-refractivity contribution in [3.63, 3.8) is 0 Å². The van der Waals surface area contributed by atoms with E-state index in [2.05, 4.69) is 23.5 Å². The van der Waals surface area contributed by atoms with Crippen molar-refractivity contribution in [3.05, 3.63) is 29.8 Å². The number of fused-ring (bicyclic) bond motifs is 2. The van der Waals surface area contributed by atoms with Gasteiger partial charge in [0.15, 0.2) is 0 Å². The number of halogens is 1. The smallest absolute Gasteiger partial charge is 0.122 e. The fraction of sp³-hybridized carbons (Fsp3) is 0.625. The quantitative estimate of drug-likeness (QED) is 0.911. The van der Waals surface area contributed by atoms with E-state index in [0.29, 0.717) is 0 Å². The summed E-state index contributed by atoms with van der Waals surface area (Å²) in [4.78, 5) is 0. The van der Waals surface area contributed by atoms with Crippen LogP contribution in [-0.2, 0) is 6.42 Å². The third-order valence-corrected chi connectivity index (χ3v) is 4.59. The molecule has 2 heterocycles. The second-order valence-corrected chi connectivity index (χ2v) is 5.83. The van der Waals surface area contributed by atoms with Crippen molar-refractivity contribution < 1.29 is 4.74 Å². The highest BCUT2D eigenvalue weighted by atomic mass is 35.5. The second kappa shape index (κ2) is 6.62. The summed E-state index contributed by atoms with van der Waals surface area (Å²) in [6.45, 7) is 0. The van der Waals surface area contributed by atoms with Gasteiger partial charge < -0.3 is 10.1 Å². The molecule has 1 aromatic rings. The standard InChI is InChI=1S/C16H23NO.ClH/c1-18-16-5-3-2-4-13(16)7-6-12-10-14-8-9-15(11-12)17-14;/h2-5,12,14-15,17H,6-11H2,1H3;1H/t12?,14-,15+;. The number of nitrogens with one attached hydrogen (secondary N) is 1. The van der Waals surface area contributed by atoms with Crippen molar-refractivity contribution in [2.75, 3.05) is 7.11 Å². The molecular weight excluding hydrogens is 258 g/mol. The molecule has 2 aliphatic rings. The van der Waals surface area contributed by atoms with Gasteiger partial charge in [0.2, 0.25) is 0 Å². The largest absolute Gasteiger partial charge is 0.496 e. The topological polar surface area (TPSA) is 21.3 Å². The van der Waals surface area contributed by atoms with Crippen molar-refractivity contribution in [3.8, 4) is 5.75 Å². The Morgan fingerprint density at radius 1 is 1.16 bits per heavy atom. The minimum Gasteiger partial charge on any atom is -0.496 e. The number of para-hydroxylation sites is 1. The van der Waals surface area contributed by atoms with E-state index >= 15 is 0 Å². The first-order chi connectivity index (χ1) is 8.85. The number of ether oxygens (including phenoxy) is 1. The highest BCUT2D eigenvalue weighted by Crippen LogP contribution is 2.34. The van der Waals surface area contributed by atoms with Crippen molar-refractivity contribution in [1.82, 2.24) is 5.32 Å². The average Bonchev–Trinajstić information content (AvgIpc) is 2.76. The third kappa shape index (κ3) is 3.43. The van der Waals surface area contributed by atoms with Crippen LogP contribution in [0.2, 0.25) is 0 Å². The molecule has 1 unspecified atom stereocenters. The predicted molar refractivity (Wildman–Crippen MR) is 81.2 cm³/mol. The lowest BCUT2D eigenvalue weighted by atomic mass is 9.87. The van der Waals surface area contributed by atoms with Crippen molar-refractivity contribution in [2.24, 2.45) is 5.92 Å². The van der Waals surface area contributed by atoms with Crippen LogP contribution in [0.5, 0.6) is 5.75 Å². The molecule has 0 radical (unpaired) electrons. The fourth-order valence-electron chi connectivity index (χ4n) is 3.68. The molecule has 1 N–H and O–H groups in total. The molecule has 3 atom stereocenters. The van der Waals surface area contributed by atoms with Gasteiger partial charge in [0.25, 0.3) is 0 Å². The summed E-state index contributed by atoms with van der Waals surface area (Å²) in [5, 5.41) is 3.72. The van der Waals surface area contributed by atoms with Gasteiger partial charge in [0.05, 0.1) is 7.11 Å². The summed E-state index contributed by atoms with van der Waals surface area (Å²) in [5.41, 5.74) is 1.37. The van der Waals surface area contributed by atoms with Crippen molar-refractivity contribution in [1.29, 1.82) is 0 Å². The molecule has 0 aliphatic carbocycles. The molecule has 2 nitrogen and oxygen atoms in total. The van der Waals surface area contributed by atoms with Crippen molar-refractivity contribution >= 4 is 12.4 Å². The Hall–Kier alpha value is -0.730. The molecule has 2 saturated heterocycles. The van der Waals surface area contributed by atoms with Gasteiger partial charge in [-0.2, -0.15) is 0 Å². The van der Waals surface area contributed by atoms with Gasteiger partial charge >= 0.3 is 0 Å². The Morgan fingerprint density at radius 3 is 2.53 bits per heavy atom. The maximum atomic E-state index is 5.43. The maximum Gasteiger partial charge on any atom is 0.122 e. The van der Waals surface area contributed by atoms with Crippen LogP contribution in [0.25, 0.3) is 0 Å². The minimum atomic E-state index is 0. The highest BCUT2D eigenvalue weighted by molar-refractivity contribution is 5.85. The second-order valence-electron chi connectivity index (χ2n) is 5.83. The third-order valence-electron chi connectivity index (χ3n) is 4.59. The first kappa shape index (κ1) is 14.7. The van der Waals surface area contributed by atoms with Crippen LogP contribution in [0.3, 0.4) is 0 Å². The van der Waals surface area contributed by atoms with Gasteiger partial charge in [-0.25, -0.2) is 0 Å². The lowest BCUT2D eigenvalue weighted by Gasteiger charge is -2.29. The van der Waals surface area contributed by atoms with E-state index in [-0.39, 0.29) is 12.4 Å². The summed E-state index contributed by atoms with van der Waals surface area (Å²) in [7, 11) is 1.77. The van der Waals surface area contributed by atoms with E-state index in [1.165, 1.54) is 37.7 Å². The van der Waals surface area contributed by atoms with Crippen LogP contribution in [0.1, 0.15) is 37.7 Å². The summed E-state index contributed by atoms with van der Waals surface area (Å²) in [6.07, 6.45) is 8.03. The normalized spacial score (nSPS) is 28.8. The monoisotopic (exact) mass is 281 g/mol. The Kier molecular flexibility index (Phi) is 5.12. The molecule has 1 aromatic carbocycles. The summed E-state index contributed by atoms with van der Waals surface area (Å²) in [5.74, 6) is 1.96. The van der Waals surface area contributed by atoms with Crippen molar-refractivity contribution in [2.45, 2.75) is 50.6 Å². The first-order valence-corrected chi connectivity index (χ1v) is 7.23. The van der Waals surface area contributed by atoms with Gasteiger partial charge in [-0.3, -0.25) is 0 Å². The minimum absolute atomic E-state index is 0. The zero-order valence-electron chi connectivity index (χ0n) is 11.6. The first-order valence-electron chi connectivity index (χ1n) is 7.23. The lowest BCUT2D eigenvalue weighted by molar-refractivity contribution is 0.285. The molecule has 2 aliphatic heterocycles. The molecule has 2 fully saturated rings. The molecule has 3 heteroatoms. The maximum absolute atomic E-state index is 5.43. The Balaban J connectivity index is 0.00000133. The van der Waals surface area contributed by atoms with Crippen LogP contribution in [-0.4, -0.2) is 19.2 Å². The van der Waals surface area contributed by atoms with E-state index in [9.17, 15) is 0 Å².